The third kappa shape index (κ3) is 3.00. The number of anilines is 1. The van der Waals surface area contributed by atoms with Crippen LogP contribution in [0.2, 0.25) is 5.02 Å². The number of rotatable bonds is 3. The van der Waals surface area contributed by atoms with Gasteiger partial charge in [-0.2, -0.15) is 0 Å². The first-order valence-electron chi connectivity index (χ1n) is 6.39. The molecule has 6 heteroatoms. The summed E-state index contributed by atoms with van der Waals surface area (Å²) in [4.78, 5) is 25.8. The smallest absolute Gasteiger partial charge is 0.298 e. The minimum atomic E-state index is -0.346. The van der Waals surface area contributed by atoms with Crippen LogP contribution in [0, 0.1) is 0 Å². The van der Waals surface area contributed by atoms with Crippen LogP contribution in [0.3, 0.4) is 0 Å². The van der Waals surface area contributed by atoms with Crippen LogP contribution in [-0.2, 0) is 4.79 Å². The fraction of sp³-hybridized carbons (Fsp3) is 0. The predicted molar refractivity (Wildman–Crippen MR) is 87.8 cm³/mol. The molecule has 0 unspecified atom stereocenters. The first-order chi connectivity index (χ1) is 10.6. The van der Waals surface area contributed by atoms with E-state index in [2.05, 4.69) is 0 Å². The third-order valence-electron chi connectivity index (χ3n) is 2.93. The number of imide groups is 1. The van der Waals surface area contributed by atoms with Gasteiger partial charge in [-0.3, -0.25) is 9.59 Å². The van der Waals surface area contributed by atoms with Crippen molar-refractivity contribution in [3.05, 3.63) is 70.5 Å². The lowest BCUT2D eigenvalue weighted by Gasteiger charge is -2.11. The normalized spacial score (nSPS) is 17.1. The van der Waals surface area contributed by atoms with Crippen LogP contribution in [0.4, 0.5) is 10.5 Å². The molecule has 4 nitrogen and oxygen atoms in total. The van der Waals surface area contributed by atoms with Crippen molar-refractivity contribution in [1.29, 1.82) is 0 Å². The Morgan fingerprint density at radius 3 is 2.59 bits per heavy atom. The average Bonchev–Trinajstić information content (AvgIpc) is 3.10. The molecule has 0 bridgehead atoms. The van der Waals surface area contributed by atoms with Crippen molar-refractivity contribution >= 4 is 46.3 Å². The van der Waals surface area contributed by atoms with Crippen LogP contribution in [0.15, 0.2) is 64.1 Å². The molecular weight excluding hydrogens is 322 g/mol. The molecule has 0 N–H and O–H groups in total. The number of benzene rings is 1. The Kier molecular flexibility index (Phi) is 4.18. The van der Waals surface area contributed by atoms with Crippen LogP contribution < -0.4 is 4.90 Å². The highest BCUT2D eigenvalue weighted by molar-refractivity contribution is 8.18. The fourth-order valence-corrected chi connectivity index (χ4v) is 2.83. The number of thioether (sulfide) groups is 1. The van der Waals surface area contributed by atoms with Gasteiger partial charge in [0.05, 0.1) is 16.9 Å². The summed E-state index contributed by atoms with van der Waals surface area (Å²) >= 11 is 6.72. The van der Waals surface area contributed by atoms with Gasteiger partial charge in [-0.15, -0.1) is 0 Å². The molecule has 1 fully saturated rings. The highest BCUT2D eigenvalue weighted by atomic mass is 35.5. The van der Waals surface area contributed by atoms with E-state index in [0.717, 1.165) is 16.7 Å². The van der Waals surface area contributed by atoms with E-state index in [1.807, 2.05) is 0 Å². The van der Waals surface area contributed by atoms with E-state index < -0.39 is 0 Å². The van der Waals surface area contributed by atoms with Gasteiger partial charge in [0, 0.05) is 5.02 Å². The summed E-state index contributed by atoms with van der Waals surface area (Å²) in [6.07, 6.45) is 6.56. The van der Waals surface area contributed by atoms with Crippen LogP contribution in [-0.4, -0.2) is 11.1 Å². The molecule has 2 heterocycles. The van der Waals surface area contributed by atoms with Crippen LogP contribution in [0.25, 0.3) is 6.08 Å². The van der Waals surface area contributed by atoms with Crippen LogP contribution in [0.5, 0.6) is 0 Å². The fourth-order valence-electron chi connectivity index (χ4n) is 1.91. The van der Waals surface area contributed by atoms with E-state index >= 15 is 0 Å². The monoisotopic (exact) mass is 331 g/mol. The number of amides is 2. The molecule has 1 aliphatic rings. The molecule has 2 aromatic rings. The molecule has 0 spiro atoms. The zero-order valence-corrected chi connectivity index (χ0v) is 12.8. The number of carbonyl (C=O) groups excluding carboxylic acids is 2. The number of hydrogen-bond donors (Lipinski definition) is 0. The van der Waals surface area contributed by atoms with Crippen molar-refractivity contribution in [1.82, 2.24) is 0 Å². The minimum absolute atomic E-state index is 0.329. The quantitative estimate of drug-likeness (QED) is 0.763. The summed E-state index contributed by atoms with van der Waals surface area (Å²) in [7, 11) is 0. The number of nitrogens with zero attached hydrogens (tertiary/aromatic N) is 1. The van der Waals surface area contributed by atoms with Crippen molar-refractivity contribution in [3.8, 4) is 0 Å². The van der Waals surface area contributed by atoms with Crippen LogP contribution >= 0.6 is 23.4 Å². The number of carbonyl (C=O) groups is 2. The van der Waals surface area contributed by atoms with Crippen molar-refractivity contribution in [2.24, 2.45) is 0 Å². The van der Waals surface area contributed by atoms with Gasteiger partial charge in [0.2, 0.25) is 0 Å². The highest BCUT2D eigenvalue weighted by Gasteiger charge is 2.35. The minimum Gasteiger partial charge on any atom is -0.465 e. The second kappa shape index (κ2) is 6.25. The predicted octanol–water partition coefficient (Wildman–Crippen LogP) is 4.73. The Morgan fingerprint density at radius 1 is 1.14 bits per heavy atom. The summed E-state index contributed by atoms with van der Waals surface area (Å²) in [5, 5.41) is 0.220. The van der Waals surface area contributed by atoms with Gasteiger partial charge in [-0.1, -0.05) is 17.7 Å². The molecule has 22 heavy (non-hydrogen) atoms. The molecular formula is C16H10ClNO3S. The number of allylic oxidation sites excluding steroid dienone is 2. The first-order valence-corrected chi connectivity index (χ1v) is 7.58. The second-order valence-electron chi connectivity index (χ2n) is 4.39. The zero-order valence-electron chi connectivity index (χ0n) is 11.2. The number of hydrogen-bond acceptors (Lipinski definition) is 4. The third-order valence-corrected chi connectivity index (χ3v) is 4.07. The molecule has 1 saturated heterocycles. The van der Waals surface area contributed by atoms with Gasteiger partial charge in [0.15, 0.2) is 0 Å². The van der Waals surface area contributed by atoms with Gasteiger partial charge in [-0.25, -0.2) is 4.90 Å². The maximum atomic E-state index is 12.3. The Labute approximate surface area is 136 Å². The van der Waals surface area contributed by atoms with Crippen LogP contribution in [0.1, 0.15) is 5.76 Å². The van der Waals surface area contributed by atoms with E-state index in [0.29, 0.717) is 21.4 Å². The highest BCUT2D eigenvalue weighted by Crippen LogP contribution is 2.34. The van der Waals surface area contributed by atoms with Gasteiger partial charge in [0.1, 0.15) is 5.76 Å². The maximum absolute atomic E-state index is 12.3. The summed E-state index contributed by atoms with van der Waals surface area (Å²) in [5.74, 6) is 0.328. The summed E-state index contributed by atoms with van der Waals surface area (Å²) in [6.45, 7) is 0. The molecule has 1 aromatic heterocycles. The van der Waals surface area contributed by atoms with E-state index in [-0.39, 0.29) is 11.1 Å². The molecule has 1 aliphatic heterocycles. The lowest BCUT2D eigenvalue weighted by Crippen LogP contribution is -2.27. The summed E-state index contributed by atoms with van der Waals surface area (Å²) in [5.41, 5.74) is 0.505. The Balaban J connectivity index is 1.80. The molecule has 1 aromatic carbocycles. The van der Waals surface area contributed by atoms with E-state index in [9.17, 15) is 9.59 Å². The zero-order chi connectivity index (χ0) is 15.5. The van der Waals surface area contributed by atoms with E-state index in [1.54, 1.807) is 60.9 Å². The van der Waals surface area contributed by atoms with Gasteiger partial charge < -0.3 is 4.42 Å². The van der Waals surface area contributed by atoms with E-state index in [4.69, 9.17) is 16.0 Å². The van der Waals surface area contributed by atoms with Crippen molar-refractivity contribution in [3.63, 3.8) is 0 Å². The summed E-state index contributed by atoms with van der Waals surface area (Å²) < 4.78 is 5.15. The standard InChI is InChI=1S/C16H10ClNO3S/c17-11-6-8-12(9-7-11)18-15(19)14(22-16(18)20)5-1-3-13-4-2-10-21-13/h1-10H/b3-1-,14-5+. The average molecular weight is 332 g/mol. The maximum Gasteiger partial charge on any atom is 0.298 e. The molecule has 0 atom stereocenters. The van der Waals surface area contributed by atoms with Crippen molar-refractivity contribution in [2.75, 3.05) is 4.90 Å². The molecule has 3 rings (SSSR count). The number of halogens is 1. The lowest BCUT2D eigenvalue weighted by atomic mass is 10.3. The Bertz CT molecular complexity index is 763. The molecule has 110 valence electrons. The van der Waals surface area contributed by atoms with Gasteiger partial charge in [0.25, 0.3) is 11.1 Å². The summed E-state index contributed by atoms with van der Waals surface area (Å²) in [6, 6.07) is 10.1. The lowest BCUT2D eigenvalue weighted by molar-refractivity contribution is -0.113. The molecule has 2 amide bonds. The largest absolute Gasteiger partial charge is 0.465 e. The SMILES string of the molecule is O=C1S/C(=C/C=C\c2ccco2)C(=O)N1c1ccc(Cl)cc1. The van der Waals surface area contributed by atoms with Gasteiger partial charge >= 0.3 is 0 Å². The first kappa shape index (κ1) is 14.7. The molecule has 0 saturated carbocycles. The molecule has 0 radical (unpaired) electrons. The van der Waals surface area contributed by atoms with Gasteiger partial charge in [-0.05, 0) is 60.3 Å². The van der Waals surface area contributed by atoms with Crippen molar-refractivity contribution in [2.45, 2.75) is 0 Å². The topological polar surface area (TPSA) is 50.5 Å². The van der Waals surface area contributed by atoms with E-state index in [1.165, 1.54) is 0 Å². The van der Waals surface area contributed by atoms with Crippen molar-refractivity contribution < 1.29 is 14.0 Å². The second-order valence-corrected chi connectivity index (χ2v) is 5.82. The Hall–Kier alpha value is -2.24. The Morgan fingerprint density at radius 2 is 1.91 bits per heavy atom. The number of furan rings is 1. The molecule has 0 aliphatic carbocycles.